The highest BCUT2D eigenvalue weighted by atomic mass is 19.2. The second kappa shape index (κ2) is 14.3. The highest BCUT2D eigenvalue weighted by Gasteiger charge is 2.30. The van der Waals surface area contributed by atoms with E-state index in [1.807, 2.05) is 58.4 Å². The molecule has 0 amide bonds. The number of halogens is 3. The maximum atomic E-state index is 13.9. The van der Waals surface area contributed by atoms with Crippen LogP contribution in [0.4, 0.5) is 18.9 Å². The Kier molecular flexibility index (Phi) is 10.9. The Bertz CT molecular complexity index is 1260. The average Bonchev–Trinajstić information content (AvgIpc) is 2.97. The predicted octanol–water partition coefficient (Wildman–Crippen LogP) is 5.61. The van der Waals surface area contributed by atoms with E-state index >= 15 is 0 Å². The zero-order valence-corrected chi connectivity index (χ0v) is 22.7. The summed E-state index contributed by atoms with van der Waals surface area (Å²) in [5.41, 5.74) is 3.34. The number of anilines is 1. The van der Waals surface area contributed by atoms with Gasteiger partial charge in [0.2, 0.25) is 0 Å². The first-order valence-corrected chi connectivity index (χ1v) is 12.6. The lowest BCUT2D eigenvalue weighted by Gasteiger charge is -2.42. The molecular weight excluding hydrogens is 507 g/mol. The van der Waals surface area contributed by atoms with Crippen LogP contribution >= 0.6 is 0 Å². The molecule has 0 radical (unpaired) electrons. The van der Waals surface area contributed by atoms with Gasteiger partial charge in [0.05, 0.1) is 32.9 Å². The molecule has 0 spiro atoms. The van der Waals surface area contributed by atoms with Crippen LogP contribution in [0.2, 0.25) is 0 Å². The van der Waals surface area contributed by atoms with Crippen molar-refractivity contribution >= 4 is 30.2 Å². The lowest BCUT2D eigenvalue weighted by Crippen LogP contribution is -2.51. The minimum absolute atomic E-state index is 0.395. The number of rotatable bonds is 7. The van der Waals surface area contributed by atoms with Crippen molar-refractivity contribution in [1.82, 2.24) is 10.0 Å². The average molecular weight is 542 g/mol. The van der Waals surface area contributed by atoms with Crippen LogP contribution in [0.1, 0.15) is 36.9 Å². The molecular formula is C29H34F3N5O2. The minimum atomic E-state index is -0.976. The van der Waals surface area contributed by atoms with Crippen molar-refractivity contribution in [3.8, 4) is 5.75 Å². The minimum Gasteiger partial charge on any atom is -0.495 e. The van der Waals surface area contributed by atoms with E-state index in [0.717, 1.165) is 48.1 Å². The number of methoxy groups -OCH3 is 1. The van der Waals surface area contributed by atoms with E-state index in [4.69, 9.17) is 4.74 Å². The normalized spacial score (nSPS) is 17.0. The highest BCUT2D eigenvalue weighted by molar-refractivity contribution is 5.96. The van der Waals surface area contributed by atoms with Crippen LogP contribution in [0, 0.1) is 11.6 Å². The quantitative estimate of drug-likeness (QED) is 0.259. The summed E-state index contributed by atoms with van der Waals surface area (Å²) in [5, 5.41) is 3.80. The number of benzene rings is 2. The molecule has 0 aromatic heterocycles. The number of carbonyl (C=O) groups excluding carboxylic acids is 1. The fourth-order valence-corrected chi connectivity index (χ4v) is 4.51. The van der Waals surface area contributed by atoms with Crippen molar-refractivity contribution < 1.29 is 22.7 Å². The van der Waals surface area contributed by atoms with Crippen molar-refractivity contribution in [3.05, 3.63) is 77.0 Å². The molecule has 2 heterocycles. The largest absolute Gasteiger partial charge is 0.495 e. The van der Waals surface area contributed by atoms with Crippen LogP contribution in [0.15, 0.2) is 64.2 Å². The molecule has 2 aliphatic rings. The van der Waals surface area contributed by atoms with Crippen molar-refractivity contribution in [1.29, 1.82) is 0 Å². The molecule has 1 atom stereocenters. The number of aldehydes is 1. The second-order valence-corrected chi connectivity index (χ2v) is 8.93. The smallest absolute Gasteiger partial charge is 0.159 e. The van der Waals surface area contributed by atoms with Crippen molar-refractivity contribution in [3.63, 3.8) is 0 Å². The van der Waals surface area contributed by atoms with Crippen molar-refractivity contribution in [2.75, 3.05) is 45.9 Å². The van der Waals surface area contributed by atoms with Crippen LogP contribution < -0.4 is 9.64 Å². The topological polar surface area (TPSA) is 60.7 Å². The number of amidine groups is 1. The summed E-state index contributed by atoms with van der Waals surface area (Å²) in [6, 6.07) is 8.71. The molecule has 2 aromatic carbocycles. The maximum absolute atomic E-state index is 13.9. The van der Waals surface area contributed by atoms with E-state index in [-0.39, 0.29) is 0 Å². The number of carbonyl (C=O) groups is 1. The molecule has 0 aliphatic carbocycles. The van der Waals surface area contributed by atoms with Crippen molar-refractivity contribution in [2.24, 2.45) is 9.98 Å². The molecule has 7 nitrogen and oxygen atoms in total. The van der Waals surface area contributed by atoms with Crippen LogP contribution in [0.5, 0.6) is 5.75 Å². The molecule has 4 rings (SSSR count). The van der Waals surface area contributed by atoms with E-state index in [1.165, 1.54) is 6.07 Å². The van der Waals surface area contributed by atoms with Gasteiger partial charge in [-0.05, 0) is 66.8 Å². The maximum Gasteiger partial charge on any atom is 0.159 e. The van der Waals surface area contributed by atoms with Crippen LogP contribution in [-0.4, -0.2) is 69.4 Å². The molecule has 0 saturated carbocycles. The fraction of sp³-hybridized carbons (Fsp3) is 0.345. The highest BCUT2D eigenvalue weighted by Crippen LogP contribution is 2.31. The van der Waals surface area contributed by atoms with Crippen molar-refractivity contribution in [2.45, 2.75) is 25.8 Å². The Morgan fingerprint density at radius 2 is 1.87 bits per heavy atom. The van der Waals surface area contributed by atoms with Gasteiger partial charge in [-0.2, -0.15) is 0 Å². The lowest BCUT2D eigenvalue weighted by atomic mass is 10.1. The first-order valence-electron chi connectivity index (χ1n) is 12.6. The summed E-state index contributed by atoms with van der Waals surface area (Å²) in [7, 11) is 3.82. The molecule has 1 saturated heterocycles. The summed E-state index contributed by atoms with van der Waals surface area (Å²) < 4.78 is 42.6. The van der Waals surface area contributed by atoms with Gasteiger partial charge < -0.3 is 14.4 Å². The SMILES string of the molecule is CF.CN=C(/C=C/c1ccc(N2C=NCC(C)=C2)c(OC)c1)N1CCCCN1C(C=O)c1ccc(F)c(F)c1. The third-order valence-corrected chi connectivity index (χ3v) is 6.36. The Balaban J connectivity index is 0.00000205. The number of ether oxygens (including phenoxy) is 1. The van der Waals surface area contributed by atoms with Gasteiger partial charge in [0.1, 0.15) is 23.9 Å². The van der Waals surface area contributed by atoms with Gasteiger partial charge >= 0.3 is 0 Å². The van der Waals surface area contributed by atoms with Crippen LogP contribution in [0.25, 0.3) is 6.08 Å². The number of hydrogen-bond donors (Lipinski definition) is 0. The molecule has 2 aliphatic heterocycles. The summed E-state index contributed by atoms with van der Waals surface area (Å²) in [4.78, 5) is 22.9. The molecule has 1 fully saturated rings. The molecule has 39 heavy (non-hydrogen) atoms. The van der Waals surface area contributed by atoms with Crippen LogP contribution in [-0.2, 0) is 4.79 Å². The number of hydrogen-bond acceptors (Lipinski definition) is 6. The van der Waals surface area contributed by atoms with Gasteiger partial charge in [0.15, 0.2) is 11.6 Å². The van der Waals surface area contributed by atoms with Gasteiger partial charge in [0.25, 0.3) is 0 Å². The zero-order chi connectivity index (χ0) is 28.4. The van der Waals surface area contributed by atoms with Gasteiger partial charge in [-0.25, -0.2) is 13.8 Å². The lowest BCUT2D eigenvalue weighted by molar-refractivity contribution is -0.119. The second-order valence-electron chi connectivity index (χ2n) is 8.93. The molecule has 0 bridgehead atoms. The monoisotopic (exact) mass is 541 g/mol. The number of aliphatic imine (C=N–C) groups is 2. The summed E-state index contributed by atoms with van der Waals surface area (Å²) in [6.07, 6.45) is 10.2. The first-order chi connectivity index (χ1) is 18.9. The Morgan fingerprint density at radius 1 is 1.10 bits per heavy atom. The number of nitrogens with zero attached hydrogens (tertiary/aromatic N) is 5. The van der Waals surface area contributed by atoms with E-state index in [1.54, 1.807) is 20.5 Å². The van der Waals surface area contributed by atoms with Crippen LogP contribution in [0.3, 0.4) is 0 Å². The zero-order valence-electron chi connectivity index (χ0n) is 22.7. The third-order valence-electron chi connectivity index (χ3n) is 6.36. The van der Waals surface area contributed by atoms with E-state index in [0.29, 0.717) is 44.0 Å². The standard InChI is InChI=1S/C28H31F2N5O2.CH3F/c1-20-16-32-19-33(17-20)25-10-6-21(14-27(25)37-3)7-11-28(31-2)35-13-5-4-12-34(35)26(18-36)22-8-9-23(29)24(30)15-22;1-2/h6-11,14-15,17-19,26H,4-5,12-13,16H2,1-3H3;1H3/b11-7+,31-28?;. The first kappa shape index (κ1) is 29.6. The number of hydrazine groups is 1. The Hall–Kier alpha value is -3.92. The molecule has 10 heteroatoms. The van der Waals surface area contributed by atoms with E-state index in [2.05, 4.69) is 9.98 Å². The van der Waals surface area contributed by atoms with E-state index in [9.17, 15) is 18.0 Å². The molecule has 208 valence electrons. The Morgan fingerprint density at radius 3 is 2.54 bits per heavy atom. The number of alkyl halides is 1. The fourth-order valence-electron chi connectivity index (χ4n) is 4.51. The van der Waals surface area contributed by atoms with Gasteiger partial charge in [0, 0.05) is 26.3 Å². The summed E-state index contributed by atoms with van der Waals surface area (Å²) >= 11 is 0. The summed E-state index contributed by atoms with van der Waals surface area (Å²) in [5.74, 6) is -0.564. The predicted molar refractivity (Wildman–Crippen MR) is 150 cm³/mol. The summed E-state index contributed by atoms with van der Waals surface area (Å²) in [6.45, 7) is 3.95. The third kappa shape index (κ3) is 7.14. The van der Waals surface area contributed by atoms with Gasteiger partial charge in [-0.15, -0.1) is 0 Å². The van der Waals surface area contributed by atoms with Gasteiger partial charge in [-0.1, -0.05) is 18.2 Å². The molecule has 0 N–H and O–H groups in total. The molecule has 2 aromatic rings. The van der Waals surface area contributed by atoms with E-state index < -0.39 is 17.7 Å². The van der Waals surface area contributed by atoms with Gasteiger partial charge in [-0.3, -0.25) is 19.4 Å². The Labute approximate surface area is 227 Å². The molecule has 1 unspecified atom stereocenters.